The number of ketones is 1. The first-order valence-corrected chi connectivity index (χ1v) is 8.16. The van der Waals surface area contributed by atoms with E-state index in [9.17, 15) is 22.8 Å². The van der Waals surface area contributed by atoms with E-state index in [0.29, 0.717) is 0 Å². The Morgan fingerprint density at radius 3 is 2.32 bits per heavy atom. The van der Waals surface area contributed by atoms with Gasteiger partial charge in [-0.05, 0) is 6.92 Å². The topological polar surface area (TPSA) is 166 Å². The van der Waals surface area contributed by atoms with Crippen molar-refractivity contribution in [3.8, 4) is 0 Å². The first kappa shape index (κ1) is 18.0. The number of carboxylic acids is 1. The van der Waals surface area contributed by atoms with Crippen LogP contribution in [0.2, 0.25) is 0 Å². The van der Waals surface area contributed by atoms with E-state index < -0.39 is 57.3 Å². The minimum absolute atomic E-state index is 0.453. The first-order valence-electron chi connectivity index (χ1n) is 6.26. The van der Waals surface area contributed by atoms with E-state index in [1.807, 2.05) is 0 Å². The van der Waals surface area contributed by atoms with Gasteiger partial charge in [0.25, 0.3) is 5.78 Å². The van der Waals surface area contributed by atoms with E-state index in [0.717, 1.165) is 6.26 Å². The number of carbonyl (C=O) groups excluding carboxylic acids is 2. The van der Waals surface area contributed by atoms with Gasteiger partial charge in [-0.15, -0.1) is 0 Å². The molecule has 122 valence electrons. The molecule has 1 heterocycles. The summed E-state index contributed by atoms with van der Waals surface area (Å²) >= 11 is 0. The van der Waals surface area contributed by atoms with E-state index in [-0.39, 0.29) is 0 Å². The molecule has 1 aliphatic rings. The molecule has 1 fully saturated rings. The molecule has 0 aromatic carbocycles. The van der Waals surface area contributed by atoms with Gasteiger partial charge in [0.15, 0.2) is 0 Å². The van der Waals surface area contributed by atoms with Gasteiger partial charge in [-0.3, -0.25) is 9.59 Å². The summed E-state index contributed by atoms with van der Waals surface area (Å²) < 4.78 is 24.7. The third-order valence-electron chi connectivity index (χ3n) is 3.43. The lowest BCUT2D eigenvalue weighted by atomic mass is 9.76. The lowest BCUT2D eigenvalue weighted by Crippen LogP contribution is -2.68. The van der Waals surface area contributed by atoms with E-state index in [4.69, 9.17) is 10.6 Å². The number of carboxylic acid groups (broad SMARTS) is 1. The fraction of sp³-hybridized carbons (Fsp3) is 0.636. The number of amides is 1. The monoisotopic (exact) mass is 332 g/mol. The molecule has 0 aliphatic carbocycles. The Hall–Kier alpha value is -2.10. The highest BCUT2D eigenvalue weighted by molar-refractivity contribution is 7.88. The Balaban J connectivity index is 2.93. The first-order chi connectivity index (χ1) is 9.99. The van der Waals surface area contributed by atoms with Gasteiger partial charge in [0.05, 0.1) is 18.2 Å². The number of rotatable bonds is 7. The number of hydrogen-bond donors (Lipinski definition) is 3. The van der Waals surface area contributed by atoms with Gasteiger partial charge in [-0.1, -0.05) is 6.92 Å². The van der Waals surface area contributed by atoms with Gasteiger partial charge in [0.2, 0.25) is 15.9 Å². The molecule has 0 spiro atoms. The normalized spacial score (nSPS) is 23.5. The number of hydrogen-bond acceptors (Lipinski definition) is 5. The highest BCUT2D eigenvalue weighted by Gasteiger charge is 2.50. The SMILES string of the molecule is CC(C(=O)C(=[N+]=[N-])C(=O)O)[C@H]1NC(=O)[C@@H]1[C@@H](C)NS(C)(=O)=O. The molecule has 1 aliphatic heterocycles. The molecule has 10 nitrogen and oxygen atoms in total. The summed E-state index contributed by atoms with van der Waals surface area (Å²) in [5.74, 6) is -4.93. The number of nitrogens with one attached hydrogen (secondary N) is 2. The second-order valence-electron chi connectivity index (χ2n) is 5.15. The number of β-lactam (4-membered cyclic amide) rings is 1. The Kier molecular flexibility index (Phi) is 5.17. The van der Waals surface area contributed by atoms with Crippen LogP contribution in [-0.2, 0) is 24.4 Å². The van der Waals surface area contributed by atoms with Gasteiger partial charge in [0.1, 0.15) is 0 Å². The van der Waals surface area contributed by atoms with Crippen LogP contribution in [0.5, 0.6) is 0 Å². The van der Waals surface area contributed by atoms with Crippen molar-refractivity contribution in [2.75, 3.05) is 6.26 Å². The minimum Gasteiger partial charge on any atom is -0.472 e. The molecule has 1 rings (SSSR count). The molecule has 0 bridgehead atoms. The summed E-state index contributed by atoms with van der Waals surface area (Å²) in [6.07, 6.45) is 0.935. The molecule has 1 saturated heterocycles. The van der Waals surface area contributed by atoms with Crippen LogP contribution >= 0.6 is 0 Å². The highest BCUT2D eigenvalue weighted by Crippen LogP contribution is 2.26. The van der Waals surface area contributed by atoms with Crippen molar-refractivity contribution < 1.29 is 32.7 Å². The highest BCUT2D eigenvalue weighted by atomic mass is 32.2. The quantitative estimate of drug-likeness (QED) is 0.160. The lowest BCUT2D eigenvalue weighted by molar-refractivity contribution is -0.141. The minimum atomic E-state index is -3.54. The van der Waals surface area contributed by atoms with E-state index in [2.05, 4.69) is 14.8 Å². The Bertz CT molecular complexity index is 666. The average Bonchev–Trinajstić information content (AvgIpc) is 2.32. The number of Topliss-reactive ketones (excluding diaryl/α,β-unsaturated/α-hetero) is 1. The van der Waals surface area contributed by atoms with E-state index >= 15 is 0 Å². The Labute approximate surface area is 126 Å². The van der Waals surface area contributed by atoms with Crippen molar-refractivity contribution in [2.45, 2.75) is 25.9 Å². The van der Waals surface area contributed by atoms with Crippen molar-refractivity contribution in [3.63, 3.8) is 0 Å². The molecule has 0 aromatic rings. The fourth-order valence-corrected chi connectivity index (χ4v) is 3.20. The second-order valence-corrected chi connectivity index (χ2v) is 6.93. The van der Waals surface area contributed by atoms with Crippen LogP contribution in [0.1, 0.15) is 13.8 Å². The summed E-state index contributed by atoms with van der Waals surface area (Å²) in [6, 6.07) is -1.54. The van der Waals surface area contributed by atoms with Crippen molar-refractivity contribution in [2.24, 2.45) is 11.8 Å². The molecular weight excluding hydrogens is 316 g/mol. The maximum absolute atomic E-state index is 11.9. The molecule has 0 saturated carbocycles. The van der Waals surface area contributed by atoms with Crippen LogP contribution in [0.25, 0.3) is 5.53 Å². The predicted octanol–water partition coefficient (Wildman–Crippen LogP) is -2.00. The average molecular weight is 332 g/mol. The van der Waals surface area contributed by atoms with Crippen molar-refractivity contribution in [1.29, 1.82) is 0 Å². The van der Waals surface area contributed by atoms with Crippen LogP contribution in [0, 0.1) is 11.8 Å². The molecule has 0 aromatic heterocycles. The number of nitrogens with zero attached hydrogens (tertiary/aromatic N) is 2. The number of aliphatic carboxylic acids is 1. The van der Waals surface area contributed by atoms with Crippen molar-refractivity contribution >= 4 is 33.4 Å². The van der Waals surface area contributed by atoms with Crippen LogP contribution in [0.3, 0.4) is 0 Å². The molecule has 3 N–H and O–H groups in total. The zero-order valence-corrected chi connectivity index (χ0v) is 12.9. The van der Waals surface area contributed by atoms with Crippen LogP contribution in [0.15, 0.2) is 0 Å². The van der Waals surface area contributed by atoms with E-state index in [1.54, 1.807) is 0 Å². The van der Waals surface area contributed by atoms with Crippen LogP contribution < -0.4 is 10.0 Å². The predicted molar refractivity (Wildman–Crippen MR) is 73.3 cm³/mol. The van der Waals surface area contributed by atoms with E-state index in [1.165, 1.54) is 13.8 Å². The summed E-state index contributed by atoms with van der Waals surface area (Å²) in [5.41, 5.74) is 7.53. The Morgan fingerprint density at radius 2 is 1.95 bits per heavy atom. The largest absolute Gasteiger partial charge is 0.472 e. The molecule has 1 unspecified atom stereocenters. The standard InChI is InChI=1S/C11H16N4O6S/c1-4(9(16)8(14-12)11(18)19)7-6(10(17)13-7)5(2)15-22(3,20)21/h4-7,15H,1-3H3,(H,13,17)(H,18,19)/t4?,5-,6-,7-/m1/s1. The maximum atomic E-state index is 11.9. The molecule has 11 heteroatoms. The summed E-state index contributed by atoms with van der Waals surface area (Å²) in [5, 5.41) is 11.2. The fourth-order valence-electron chi connectivity index (χ4n) is 2.38. The zero-order valence-electron chi connectivity index (χ0n) is 12.1. The van der Waals surface area contributed by atoms with Gasteiger partial charge in [0, 0.05) is 12.0 Å². The van der Waals surface area contributed by atoms with Gasteiger partial charge in [-0.2, -0.15) is 4.79 Å². The number of sulfonamides is 1. The van der Waals surface area contributed by atoms with Crippen LogP contribution in [-0.4, -0.2) is 60.0 Å². The maximum Gasteiger partial charge on any atom is 0.441 e. The molecule has 0 radical (unpaired) electrons. The van der Waals surface area contributed by atoms with Crippen LogP contribution in [0.4, 0.5) is 0 Å². The lowest BCUT2D eigenvalue weighted by Gasteiger charge is -2.42. The zero-order chi connectivity index (χ0) is 17.2. The summed E-state index contributed by atoms with van der Waals surface area (Å²) in [4.78, 5) is 36.8. The summed E-state index contributed by atoms with van der Waals surface area (Å²) in [6.45, 7) is 2.83. The second kappa shape index (κ2) is 6.34. The van der Waals surface area contributed by atoms with Gasteiger partial charge < -0.3 is 16.0 Å². The summed E-state index contributed by atoms with van der Waals surface area (Å²) in [7, 11) is -3.54. The van der Waals surface area contributed by atoms with Crippen molar-refractivity contribution in [3.05, 3.63) is 5.53 Å². The number of carbonyl (C=O) groups is 3. The van der Waals surface area contributed by atoms with Gasteiger partial charge in [-0.25, -0.2) is 17.9 Å². The molecule has 4 atom stereocenters. The molecular formula is C11H16N4O6S. The smallest absolute Gasteiger partial charge is 0.441 e. The Morgan fingerprint density at radius 1 is 1.41 bits per heavy atom. The third kappa shape index (κ3) is 3.75. The molecule has 22 heavy (non-hydrogen) atoms. The molecule has 1 amide bonds. The third-order valence-corrected chi connectivity index (χ3v) is 4.23. The van der Waals surface area contributed by atoms with Crippen molar-refractivity contribution in [1.82, 2.24) is 10.0 Å². The van der Waals surface area contributed by atoms with Gasteiger partial charge >= 0.3 is 11.7 Å².